The van der Waals surface area contributed by atoms with Gasteiger partial charge in [0.1, 0.15) is 13.2 Å². The van der Waals surface area contributed by atoms with Crippen molar-refractivity contribution in [2.45, 2.75) is 20.2 Å². The average Bonchev–Trinajstić information content (AvgIpc) is 2.58. The van der Waals surface area contributed by atoms with Crippen LogP contribution in [0.1, 0.15) is 13.8 Å². The molecule has 15 nitrogen and oxygen atoms in total. The standard InChI is InChI=1S/C5H10O3.C4H5FO6.C4H6O6/c1-3-7-5(6)8-4-2;5-2(11-4(8)9)1-10-3(6)7;5-3(6)9-1-2-10-4(7)8/h3-4H2,1-2H3;2H,1H2,(H,6,7)(H,8,9);1-2H2,(H,5,6)(H,7,8). The molecule has 0 aliphatic heterocycles. The molecule has 0 saturated carbocycles. The number of hydrogen-bond donors (Lipinski definition) is 4. The van der Waals surface area contributed by atoms with Crippen molar-refractivity contribution >= 4 is 30.8 Å². The molecule has 0 aromatic carbocycles. The van der Waals surface area contributed by atoms with Crippen LogP contribution < -0.4 is 0 Å². The first-order chi connectivity index (χ1) is 13.5. The Morgan fingerprint density at radius 3 is 1.34 bits per heavy atom. The molecule has 0 fully saturated rings. The molecule has 0 bridgehead atoms. The highest BCUT2D eigenvalue weighted by atomic mass is 19.1. The Balaban J connectivity index is -0.000000354. The highest BCUT2D eigenvalue weighted by Gasteiger charge is 2.13. The lowest BCUT2D eigenvalue weighted by molar-refractivity contribution is -0.0549. The maximum atomic E-state index is 12.0. The Hall–Kier alpha value is -3.72. The number of halogens is 1. The largest absolute Gasteiger partial charge is 0.508 e. The van der Waals surface area contributed by atoms with Gasteiger partial charge in [-0.15, -0.1) is 0 Å². The van der Waals surface area contributed by atoms with Crippen molar-refractivity contribution in [2.24, 2.45) is 0 Å². The molecule has 0 amide bonds. The van der Waals surface area contributed by atoms with Crippen LogP contribution in [0, 0.1) is 0 Å². The highest BCUT2D eigenvalue weighted by molar-refractivity contribution is 5.59. The average molecular weight is 436 g/mol. The van der Waals surface area contributed by atoms with Crippen molar-refractivity contribution in [1.29, 1.82) is 0 Å². The van der Waals surface area contributed by atoms with E-state index in [2.05, 4.69) is 28.4 Å². The number of hydrogen-bond acceptors (Lipinski definition) is 11. The number of carboxylic acid groups (broad SMARTS) is 4. The van der Waals surface area contributed by atoms with Crippen molar-refractivity contribution < 1.29 is 77.2 Å². The van der Waals surface area contributed by atoms with Crippen LogP contribution in [0.5, 0.6) is 0 Å². The molecule has 1 unspecified atom stereocenters. The molecular weight excluding hydrogens is 415 g/mol. The van der Waals surface area contributed by atoms with Gasteiger partial charge in [-0.1, -0.05) is 0 Å². The molecule has 170 valence electrons. The van der Waals surface area contributed by atoms with Crippen molar-refractivity contribution in [3.05, 3.63) is 0 Å². The van der Waals surface area contributed by atoms with Crippen molar-refractivity contribution in [3.63, 3.8) is 0 Å². The summed E-state index contributed by atoms with van der Waals surface area (Å²) < 4.78 is 35.8. The van der Waals surface area contributed by atoms with Crippen LogP contribution in [-0.4, -0.2) is 90.6 Å². The van der Waals surface area contributed by atoms with E-state index in [9.17, 15) is 28.4 Å². The number of carbonyl (C=O) groups excluding carboxylic acids is 1. The van der Waals surface area contributed by atoms with Crippen LogP contribution in [0.2, 0.25) is 0 Å². The van der Waals surface area contributed by atoms with Gasteiger partial charge in [-0.25, -0.2) is 24.0 Å². The maximum Gasteiger partial charge on any atom is 0.508 e. The summed E-state index contributed by atoms with van der Waals surface area (Å²) in [6, 6.07) is 0. The van der Waals surface area contributed by atoms with Crippen LogP contribution in [0.4, 0.5) is 28.4 Å². The van der Waals surface area contributed by atoms with E-state index < -0.39 is 43.7 Å². The quantitative estimate of drug-likeness (QED) is 0.243. The zero-order valence-corrected chi connectivity index (χ0v) is 15.3. The minimum Gasteiger partial charge on any atom is -0.450 e. The Morgan fingerprint density at radius 2 is 1.07 bits per heavy atom. The number of alkyl halides is 1. The molecule has 0 aromatic rings. The zero-order valence-electron chi connectivity index (χ0n) is 15.3. The second kappa shape index (κ2) is 20.6. The van der Waals surface area contributed by atoms with Gasteiger partial charge >= 0.3 is 30.8 Å². The van der Waals surface area contributed by atoms with Gasteiger partial charge in [0.05, 0.1) is 13.2 Å². The number of carbonyl (C=O) groups is 5. The number of rotatable bonds is 8. The third kappa shape index (κ3) is 36.1. The maximum absolute atomic E-state index is 12.0. The van der Waals surface area contributed by atoms with E-state index in [1.807, 2.05) is 0 Å². The summed E-state index contributed by atoms with van der Waals surface area (Å²) in [5, 5.41) is 31.3. The molecular formula is C13H21FO15. The molecule has 0 aromatic heterocycles. The summed E-state index contributed by atoms with van der Waals surface area (Å²) in [6.45, 7) is 2.70. The van der Waals surface area contributed by atoms with E-state index in [0.717, 1.165) is 0 Å². The lowest BCUT2D eigenvalue weighted by Crippen LogP contribution is -2.19. The minimum absolute atomic E-state index is 0.276. The Bertz CT molecular complexity index is 471. The predicted molar refractivity (Wildman–Crippen MR) is 84.6 cm³/mol. The lowest BCUT2D eigenvalue weighted by atomic mass is 10.7. The Labute approximate surface area is 162 Å². The third-order valence-corrected chi connectivity index (χ3v) is 1.63. The van der Waals surface area contributed by atoms with E-state index in [-0.39, 0.29) is 13.2 Å². The molecule has 16 heteroatoms. The second-order valence-electron chi connectivity index (χ2n) is 3.72. The van der Waals surface area contributed by atoms with Gasteiger partial charge in [-0.05, 0) is 13.8 Å². The van der Waals surface area contributed by atoms with Gasteiger partial charge in [-0.3, -0.25) is 0 Å². The molecule has 0 aliphatic carbocycles. The fourth-order valence-corrected chi connectivity index (χ4v) is 0.816. The summed E-state index contributed by atoms with van der Waals surface area (Å²) in [5.74, 6) is 0. The van der Waals surface area contributed by atoms with Crippen molar-refractivity contribution in [1.82, 2.24) is 0 Å². The SMILES string of the molecule is CCOC(=O)OCC.O=C(O)OCC(F)OC(=O)O.O=C(O)OCCOC(=O)O. The molecule has 29 heavy (non-hydrogen) atoms. The topological polar surface area (TPSA) is 222 Å². The summed E-state index contributed by atoms with van der Waals surface area (Å²) in [7, 11) is 0. The Morgan fingerprint density at radius 1 is 0.690 bits per heavy atom. The molecule has 1 atom stereocenters. The zero-order chi connectivity index (χ0) is 23.2. The van der Waals surface area contributed by atoms with Crippen LogP contribution >= 0.6 is 0 Å². The molecule has 0 aliphatic rings. The van der Waals surface area contributed by atoms with Gasteiger partial charge in [0.2, 0.25) is 0 Å². The van der Waals surface area contributed by atoms with E-state index in [4.69, 9.17) is 20.4 Å². The summed E-state index contributed by atoms with van der Waals surface area (Å²) in [4.78, 5) is 48.6. The molecule has 0 saturated heterocycles. The first-order valence-electron chi connectivity index (χ1n) is 7.36. The summed E-state index contributed by atoms with van der Waals surface area (Å²) >= 11 is 0. The van der Waals surface area contributed by atoms with Crippen LogP contribution in [0.15, 0.2) is 0 Å². The molecule has 0 spiro atoms. The lowest BCUT2D eigenvalue weighted by Gasteiger charge is -2.04. The molecule has 0 heterocycles. The van der Waals surface area contributed by atoms with E-state index in [1.165, 1.54) is 0 Å². The van der Waals surface area contributed by atoms with Crippen LogP contribution in [0.3, 0.4) is 0 Å². The fourth-order valence-electron chi connectivity index (χ4n) is 0.816. The molecule has 0 rings (SSSR count). The van der Waals surface area contributed by atoms with Crippen molar-refractivity contribution in [2.75, 3.05) is 33.0 Å². The smallest absolute Gasteiger partial charge is 0.450 e. The second-order valence-corrected chi connectivity index (χ2v) is 3.72. The monoisotopic (exact) mass is 436 g/mol. The number of ether oxygens (including phenoxy) is 6. The van der Waals surface area contributed by atoms with Gasteiger partial charge in [0, 0.05) is 0 Å². The van der Waals surface area contributed by atoms with Gasteiger partial charge in [0.25, 0.3) is 6.36 Å². The summed E-state index contributed by atoms with van der Waals surface area (Å²) in [5.41, 5.74) is 0. The fraction of sp³-hybridized carbons (Fsp3) is 0.615. The van der Waals surface area contributed by atoms with E-state index >= 15 is 0 Å². The Kier molecular flexibility index (Phi) is 21.3. The van der Waals surface area contributed by atoms with E-state index in [0.29, 0.717) is 13.2 Å². The normalized spacial score (nSPS) is 9.62. The molecule has 4 N–H and O–H groups in total. The summed E-state index contributed by atoms with van der Waals surface area (Å²) in [6.07, 6.45) is -9.28. The molecule has 0 radical (unpaired) electrons. The third-order valence-electron chi connectivity index (χ3n) is 1.63. The first kappa shape index (κ1) is 30.0. The van der Waals surface area contributed by atoms with Gasteiger partial charge < -0.3 is 48.8 Å². The van der Waals surface area contributed by atoms with E-state index in [1.54, 1.807) is 13.8 Å². The minimum atomic E-state index is -2.27. The van der Waals surface area contributed by atoms with Crippen molar-refractivity contribution in [3.8, 4) is 0 Å². The van der Waals surface area contributed by atoms with Gasteiger partial charge in [-0.2, -0.15) is 4.39 Å². The van der Waals surface area contributed by atoms with Gasteiger partial charge in [0.15, 0.2) is 6.61 Å². The van der Waals surface area contributed by atoms with Crippen LogP contribution in [-0.2, 0) is 28.4 Å². The van der Waals surface area contributed by atoms with Crippen LogP contribution in [0.25, 0.3) is 0 Å². The highest BCUT2D eigenvalue weighted by Crippen LogP contribution is 1.95. The predicted octanol–water partition coefficient (Wildman–Crippen LogP) is 2.23. The first-order valence-corrected chi connectivity index (χ1v) is 7.36.